The van der Waals surface area contributed by atoms with Gasteiger partial charge in [0.25, 0.3) is 5.91 Å². The van der Waals surface area contributed by atoms with Gasteiger partial charge < -0.3 is 10.1 Å². The van der Waals surface area contributed by atoms with Gasteiger partial charge in [0, 0.05) is 25.8 Å². The van der Waals surface area contributed by atoms with Gasteiger partial charge in [0.15, 0.2) is 0 Å². The van der Waals surface area contributed by atoms with Crippen molar-refractivity contribution in [3.63, 3.8) is 0 Å². The lowest BCUT2D eigenvalue weighted by Gasteiger charge is -2.29. The first kappa shape index (κ1) is 24.5. The summed E-state index contributed by atoms with van der Waals surface area (Å²) >= 11 is 0. The Bertz CT molecular complexity index is 1280. The molecule has 0 radical (unpaired) electrons. The van der Waals surface area contributed by atoms with Gasteiger partial charge in [0.2, 0.25) is 21.8 Å². The smallest absolute Gasteiger partial charge is 0.252 e. The third kappa shape index (κ3) is 5.09. The number of sulfonamides is 1. The van der Waals surface area contributed by atoms with E-state index in [2.05, 4.69) is 5.32 Å². The normalized spacial score (nSPS) is 20.3. The first-order valence-corrected chi connectivity index (χ1v) is 12.5. The van der Waals surface area contributed by atoms with Crippen molar-refractivity contribution in [3.8, 4) is 6.07 Å². The van der Waals surface area contributed by atoms with Crippen LogP contribution in [0, 0.1) is 11.3 Å². The molecule has 3 amide bonds. The number of nitriles is 1. The molecule has 2 aromatic rings. The number of nitrogens with zero attached hydrogens (tertiary/aromatic N) is 3. The van der Waals surface area contributed by atoms with Crippen molar-refractivity contribution in [3.05, 3.63) is 54.1 Å². The summed E-state index contributed by atoms with van der Waals surface area (Å²) < 4.78 is 34.1. The maximum atomic E-state index is 13.7. The standard InChI is InChI=1S/C24H24N4O6S/c1-16(29)26-18-6-10-21(11-7-18)35(32,33)27(15-20-3-2-12-34-20)22-13-23(30)28(24(22)31)19-8-4-17(14-25)5-9-19/h4-11,20,22H,2-3,12-13,15H2,1H3,(H,26,29). The minimum absolute atomic E-state index is 0.0679. The Balaban J connectivity index is 1.66. The Morgan fingerprint density at radius 3 is 2.43 bits per heavy atom. The maximum absolute atomic E-state index is 13.7. The van der Waals surface area contributed by atoms with Crippen molar-refractivity contribution in [2.24, 2.45) is 0 Å². The number of carbonyl (C=O) groups is 3. The molecule has 0 bridgehead atoms. The Kier molecular flexibility index (Phi) is 6.98. The highest BCUT2D eigenvalue weighted by molar-refractivity contribution is 7.89. The van der Waals surface area contributed by atoms with Crippen LogP contribution in [0.25, 0.3) is 0 Å². The fourth-order valence-corrected chi connectivity index (χ4v) is 5.84. The van der Waals surface area contributed by atoms with Crippen molar-refractivity contribution in [1.82, 2.24) is 4.31 Å². The molecular weight excluding hydrogens is 472 g/mol. The highest BCUT2D eigenvalue weighted by atomic mass is 32.2. The van der Waals surface area contributed by atoms with Crippen LogP contribution in [0.3, 0.4) is 0 Å². The number of imide groups is 1. The van der Waals surface area contributed by atoms with Gasteiger partial charge in [-0.1, -0.05) is 0 Å². The first-order chi connectivity index (χ1) is 16.7. The Hall–Kier alpha value is -3.59. The van der Waals surface area contributed by atoms with E-state index in [-0.39, 0.29) is 29.5 Å². The van der Waals surface area contributed by atoms with E-state index >= 15 is 0 Å². The van der Waals surface area contributed by atoms with Crippen LogP contribution in [-0.4, -0.2) is 55.7 Å². The monoisotopic (exact) mass is 496 g/mol. The number of hydrogen-bond donors (Lipinski definition) is 1. The molecule has 0 aliphatic carbocycles. The molecule has 182 valence electrons. The molecule has 0 spiro atoms. The summed E-state index contributed by atoms with van der Waals surface area (Å²) in [6.45, 7) is 1.77. The molecule has 0 aromatic heterocycles. The number of carbonyl (C=O) groups excluding carboxylic acids is 3. The molecule has 0 saturated carbocycles. The first-order valence-electron chi connectivity index (χ1n) is 11.1. The van der Waals surface area contributed by atoms with E-state index in [0.717, 1.165) is 15.6 Å². The SMILES string of the molecule is CC(=O)Nc1ccc(S(=O)(=O)N(CC2CCCO2)C2CC(=O)N(c3ccc(C#N)cc3)C2=O)cc1. The topological polar surface area (TPSA) is 137 Å². The second-order valence-electron chi connectivity index (χ2n) is 8.36. The van der Waals surface area contributed by atoms with E-state index in [9.17, 15) is 22.8 Å². The van der Waals surface area contributed by atoms with E-state index in [0.29, 0.717) is 24.3 Å². The number of rotatable bonds is 7. The van der Waals surface area contributed by atoms with E-state index < -0.39 is 34.0 Å². The molecule has 2 atom stereocenters. The fourth-order valence-electron chi connectivity index (χ4n) is 4.23. The summed E-state index contributed by atoms with van der Waals surface area (Å²) in [7, 11) is -4.19. The van der Waals surface area contributed by atoms with Crippen LogP contribution in [-0.2, 0) is 29.1 Å². The van der Waals surface area contributed by atoms with Crippen LogP contribution in [0.15, 0.2) is 53.4 Å². The molecule has 2 aliphatic rings. The molecule has 4 rings (SSSR count). The second-order valence-corrected chi connectivity index (χ2v) is 10.3. The number of nitrogens with one attached hydrogen (secondary N) is 1. The predicted octanol–water partition coefficient (Wildman–Crippen LogP) is 2.02. The molecule has 11 heteroatoms. The average molecular weight is 497 g/mol. The predicted molar refractivity (Wildman–Crippen MR) is 126 cm³/mol. The zero-order valence-electron chi connectivity index (χ0n) is 19.0. The number of anilines is 2. The van der Waals surface area contributed by atoms with E-state index in [4.69, 9.17) is 10.00 Å². The molecule has 2 aliphatic heterocycles. The summed E-state index contributed by atoms with van der Waals surface area (Å²) in [5.41, 5.74) is 1.08. The number of amides is 3. The van der Waals surface area contributed by atoms with Crippen LogP contribution < -0.4 is 10.2 Å². The quantitative estimate of drug-likeness (QED) is 0.579. The van der Waals surface area contributed by atoms with Gasteiger partial charge in [-0.15, -0.1) is 0 Å². The summed E-state index contributed by atoms with van der Waals surface area (Å²) in [6, 6.07) is 12.3. The third-order valence-electron chi connectivity index (χ3n) is 5.91. The molecular formula is C24H24N4O6S. The number of benzene rings is 2. The van der Waals surface area contributed by atoms with Gasteiger partial charge in [-0.25, -0.2) is 13.3 Å². The third-order valence-corrected chi connectivity index (χ3v) is 7.80. The second kappa shape index (κ2) is 9.95. The molecule has 2 saturated heterocycles. The van der Waals surface area contributed by atoms with Crippen LogP contribution >= 0.6 is 0 Å². The molecule has 2 heterocycles. The van der Waals surface area contributed by atoms with Crippen molar-refractivity contribution in [1.29, 1.82) is 5.26 Å². The lowest BCUT2D eigenvalue weighted by molar-refractivity contribution is -0.122. The van der Waals surface area contributed by atoms with Crippen molar-refractivity contribution in [2.45, 2.75) is 43.2 Å². The number of ether oxygens (including phenoxy) is 1. The van der Waals surface area contributed by atoms with Gasteiger partial charge in [-0.05, 0) is 61.4 Å². The fraction of sp³-hybridized carbons (Fsp3) is 0.333. The molecule has 35 heavy (non-hydrogen) atoms. The van der Waals surface area contributed by atoms with Crippen molar-refractivity contribution < 1.29 is 27.5 Å². The van der Waals surface area contributed by atoms with E-state index in [1.165, 1.54) is 55.5 Å². The zero-order valence-corrected chi connectivity index (χ0v) is 19.8. The lowest BCUT2D eigenvalue weighted by Crippen LogP contribution is -2.48. The van der Waals surface area contributed by atoms with Crippen LogP contribution in [0.2, 0.25) is 0 Å². The minimum atomic E-state index is -4.19. The molecule has 10 nitrogen and oxygen atoms in total. The molecule has 2 unspecified atom stereocenters. The van der Waals surface area contributed by atoms with E-state index in [1.807, 2.05) is 6.07 Å². The highest BCUT2D eigenvalue weighted by Crippen LogP contribution is 2.31. The highest BCUT2D eigenvalue weighted by Gasteiger charge is 2.47. The Labute approximate surface area is 203 Å². The Morgan fingerprint density at radius 2 is 1.86 bits per heavy atom. The van der Waals surface area contributed by atoms with Crippen LogP contribution in [0.4, 0.5) is 11.4 Å². The minimum Gasteiger partial charge on any atom is -0.377 e. The van der Waals surface area contributed by atoms with Crippen molar-refractivity contribution in [2.75, 3.05) is 23.4 Å². The van der Waals surface area contributed by atoms with Gasteiger partial charge in [-0.3, -0.25) is 14.4 Å². The Morgan fingerprint density at radius 1 is 1.17 bits per heavy atom. The largest absolute Gasteiger partial charge is 0.377 e. The van der Waals surface area contributed by atoms with Gasteiger partial charge in [-0.2, -0.15) is 9.57 Å². The number of hydrogen-bond acceptors (Lipinski definition) is 7. The van der Waals surface area contributed by atoms with Crippen LogP contribution in [0.5, 0.6) is 0 Å². The lowest BCUT2D eigenvalue weighted by atomic mass is 10.2. The molecule has 1 N–H and O–H groups in total. The zero-order chi connectivity index (χ0) is 25.2. The summed E-state index contributed by atoms with van der Waals surface area (Å²) in [5.74, 6) is -1.48. The summed E-state index contributed by atoms with van der Waals surface area (Å²) in [6.07, 6.45) is 0.713. The van der Waals surface area contributed by atoms with Gasteiger partial charge in [0.1, 0.15) is 6.04 Å². The van der Waals surface area contributed by atoms with E-state index in [1.54, 1.807) is 0 Å². The average Bonchev–Trinajstić information content (AvgIpc) is 3.45. The van der Waals surface area contributed by atoms with Crippen molar-refractivity contribution >= 4 is 39.1 Å². The summed E-state index contributed by atoms with van der Waals surface area (Å²) in [5, 5.41) is 11.6. The maximum Gasteiger partial charge on any atom is 0.252 e. The van der Waals surface area contributed by atoms with Gasteiger partial charge >= 0.3 is 0 Å². The molecule has 2 aromatic carbocycles. The molecule has 2 fully saturated rings. The summed E-state index contributed by atoms with van der Waals surface area (Å²) in [4.78, 5) is 38.4. The van der Waals surface area contributed by atoms with Crippen LogP contribution in [0.1, 0.15) is 31.7 Å². The van der Waals surface area contributed by atoms with Gasteiger partial charge in [0.05, 0.1) is 34.7 Å².